The number of ether oxygens (including phenoxy) is 2. The Labute approximate surface area is 159 Å². The van der Waals surface area contributed by atoms with Crippen molar-refractivity contribution < 1.29 is 19.1 Å². The highest BCUT2D eigenvalue weighted by Gasteiger charge is 2.36. The van der Waals surface area contributed by atoms with Gasteiger partial charge in [-0.25, -0.2) is 0 Å². The molecule has 0 aliphatic carbocycles. The van der Waals surface area contributed by atoms with E-state index < -0.39 is 0 Å². The molecule has 2 aliphatic heterocycles. The van der Waals surface area contributed by atoms with Crippen molar-refractivity contribution in [3.63, 3.8) is 0 Å². The van der Waals surface area contributed by atoms with Gasteiger partial charge in [-0.1, -0.05) is 15.9 Å². The summed E-state index contributed by atoms with van der Waals surface area (Å²) in [6.07, 6.45) is 0. The highest BCUT2D eigenvalue weighted by atomic mass is 79.9. The molecule has 2 amide bonds. The van der Waals surface area contributed by atoms with Crippen LogP contribution in [0.25, 0.3) is 0 Å². The molecule has 0 unspecified atom stereocenters. The second-order valence-corrected chi connectivity index (χ2v) is 7.28. The Hall–Kier alpha value is -2.54. The lowest BCUT2D eigenvalue weighted by Crippen LogP contribution is -2.54. The monoisotopic (exact) mass is 416 g/mol. The molecule has 0 radical (unpaired) electrons. The first-order chi connectivity index (χ1) is 12.5. The topological polar surface area (TPSA) is 67.9 Å². The number of rotatable bonds is 3. The maximum absolute atomic E-state index is 12.5. The standard InChI is InChI=1S/C19H17BrN2O4/c1-11-6-14(3-4-15(11)20)21-18(23)13-8-22(9-13)19(24)12-2-5-16-17(7-12)26-10-25-16/h2-7,13H,8-10H2,1H3,(H,21,23). The molecule has 0 atom stereocenters. The van der Waals surface area contributed by atoms with Crippen LogP contribution in [-0.4, -0.2) is 36.6 Å². The molecule has 2 aromatic carbocycles. The number of nitrogens with one attached hydrogen (secondary N) is 1. The largest absolute Gasteiger partial charge is 0.454 e. The van der Waals surface area contributed by atoms with Crippen LogP contribution < -0.4 is 14.8 Å². The van der Waals surface area contributed by atoms with Gasteiger partial charge in [0.15, 0.2) is 11.5 Å². The van der Waals surface area contributed by atoms with Crippen LogP contribution >= 0.6 is 15.9 Å². The Morgan fingerprint density at radius 1 is 1.12 bits per heavy atom. The third-order valence-corrected chi connectivity index (χ3v) is 5.47. The van der Waals surface area contributed by atoms with Crippen LogP contribution in [0.2, 0.25) is 0 Å². The van der Waals surface area contributed by atoms with Gasteiger partial charge in [0.2, 0.25) is 12.7 Å². The van der Waals surface area contributed by atoms with Crippen molar-refractivity contribution in [3.05, 3.63) is 52.0 Å². The zero-order chi connectivity index (χ0) is 18.3. The summed E-state index contributed by atoms with van der Waals surface area (Å²) in [4.78, 5) is 26.5. The summed E-state index contributed by atoms with van der Waals surface area (Å²) >= 11 is 3.44. The van der Waals surface area contributed by atoms with Gasteiger partial charge in [0.1, 0.15) is 0 Å². The van der Waals surface area contributed by atoms with Crippen molar-refractivity contribution in [1.29, 1.82) is 0 Å². The van der Waals surface area contributed by atoms with Crippen LogP contribution in [0.3, 0.4) is 0 Å². The number of anilines is 1. The van der Waals surface area contributed by atoms with Gasteiger partial charge < -0.3 is 19.7 Å². The lowest BCUT2D eigenvalue weighted by Gasteiger charge is -2.38. The van der Waals surface area contributed by atoms with E-state index >= 15 is 0 Å². The summed E-state index contributed by atoms with van der Waals surface area (Å²) in [5, 5.41) is 2.91. The zero-order valence-electron chi connectivity index (χ0n) is 14.1. The van der Waals surface area contributed by atoms with E-state index in [1.807, 2.05) is 25.1 Å². The Morgan fingerprint density at radius 3 is 2.65 bits per heavy atom. The molecule has 6 nitrogen and oxygen atoms in total. The van der Waals surface area contributed by atoms with E-state index in [4.69, 9.17) is 9.47 Å². The molecule has 0 saturated carbocycles. The quantitative estimate of drug-likeness (QED) is 0.833. The molecule has 1 fully saturated rings. The third kappa shape index (κ3) is 3.14. The fourth-order valence-corrected chi connectivity index (χ4v) is 3.24. The molecular formula is C19H17BrN2O4. The number of amides is 2. The van der Waals surface area contributed by atoms with E-state index in [2.05, 4.69) is 21.2 Å². The second kappa shape index (κ2) is 6.64. The summed E-state index contributed by atoms with van der Waals surface area (Å²) in [7, 11) is 0. The number of likely N-dealkylation sites (tertiary alicyclic amines) is 1. The van der Waals surface area contributed by atoms with E-state index in [0.29, 0.717) is 30.2 Å². The van der Waals surface area contributed by atoms with Gasteiger partial charge in [-0.3, -0.25) is 9.59 Å². The fourth-order valence-electron chi connectivity index (χ4n) is 2.99. The van der Waals surface area contributed by atoms with Crippen molar-refractivity contribution in [1.82, 2.24) is 4.90 Å². The molecule has 2 aromatic rings. The first-order valence-corrected chi connectivity index (χ1v) is 9.06. The predicted octanol–water partition coefficient (Wildman–Crippen LogP) is 3.20. The third-order valence-electron chi connectivity index (χ3n) is 4.58. The minimum atomic E-state index is -0.197. The Balaban J connectivity index is 1.35. The van der Waals surface area contributed by atoms with Gasteiger partial charge in [-0.15, -0.1) is 0 Å². The van der Waals surface area contributed by atoms with Crippen LogP contribution in [-0.2, 0) is 4.79 Å². The first kappa shape index (κ1) is 16.9. The van der Waals surface area contributed by atoms with Gasteiger partial charge in [-0.2, -0.15) is 0 Å². The Kier molecular flexibility index (Phi) is 4.32. The molecule has 1 saturated heterocycles. The van der Waals surface area contributed by atoms with Crippen LogP contribution in [0.4, 0.5) is 5.69 Å². The SMILES string of the molecule is Cc1cc(NC(=O)C2CN(C(=O)c3ccc4c(c3)OCO4)C2)ccc1Br. The summed E-state index contributed by atoms with van der Waals surface area (Å²) in [6.45, 7) is 2.96. The number of nitrogens with zero attached hydrogens (tertiary/aromatic N) is 1. The van der Waals surface area contributed by atoms with E-state index in [9.17, 15) is 9.59 Å². The molecule has 2 heterocycles. The van der Waals surface area contributed by atoms with Crippen molar-refractivity contribution in [3.8, 4) is 11.5 Å². The number of halogens is 1. The number of carbonyl (C=O) groups is 2. The van der Waals surface area contributed by atoms with Crippen molar-refractivity contribution in [2.24, 2.45) is 5.92 Å². The van der Waals surface area contributed by atoms with Gasteiger partial charge in [0, 0.05) is 28.8 Å². The van der Waals surface area contributed by atoms with E-state index in [0.717, 1.165) is 15.7 Å². The number of benzene rings is 2. The zero-order valence-corrected chi connectivity index (χ0v) is 15.7. The number of aryl methyl sites for hydroxylation is 1. The van der Waals surface area contributed by atoms with Crippen LogP contribution in [0, 0.1) is 12.8 Å². The summed E-state index contributed by atoms with van der Waals surface area (Å²) < 4.78 is 11.6. The van der Waals surface area contributed by atoms with Crippen LogP contribution in [0.5, 0.6) is 11.5 Å². The number of carbonyl (C=O) groups excluding carboxylic acids is 2. The predicted molar refractivity (Wildman–Crippen MR) is 99.5 cm³/mol. The highest BCUT2D eigenvalue weighted by molar-refractivity contribution is 9.10. The summed E-state index contributed by atoms with van der Waals surface area (Å²) in [5.41, 5.74) is 2.35. The molecule has 0 spiro atoms. The van der Waals surface area contributed by atoms with E-state index in [-0.39, 0.29) is 24.5 Å². The van der Waals surface area contributed by atoms with Crippen molar-refractivity contribution in [2.45, 2.75) is 6.92 Å². The maximum Gasteiger partial charge on any atom is 0.254 e. The van der Waals surface area contributed by atoms with Crippen molar-refractivity contribution in [2.75, 3.05) is 25.2 Å². The lowest BCUT2D eigenvalue weighted by atomic mass is 9.97. The maximum atomic E-state index is 12.5. The fraction of sp³-hybridized carbons (Fsp3) is 0.263. The lowest BCUT2D eigenvalue weighted by molar-refractivity contribution is -0.123. The van der Waals surface area contributed by atoms with Gasteiger partial charge in [0.25, 0.3) is 5.91 Å². The average Bonchev–Trinajstić information content (AvgIpc) is 3.04. The Morgan fingerprint density at radius 2 is 1.88 bits per heavy atom. The molecule has 4 rings (SSSR count). The number of hydrogen-bond donors (Lipinski definition) is 1. The molecule has 0 aromatic heterocycles. The minimum absolute atomic E-state index is 0.0681. The van der Waals surface area contributed by atoms with E-state index in [1.54, 1.807) is 23.1 Å². The molecular weight excluding hydrogens is 400 g/mol. The highest BCUT2D eigenvalue weighted by Crippen LogP contribution is 2.33. The normalized spacial score (nSPS) is 15.5. The number of fused-ring (bicyclic) bond motifs is 1. The smallest absolute Gasteiger partial charge is 0.254 e. The number of hydrogen-bond acceptors (Lipinski definition) is 4. The molecule has 7 heteroatoms. The minimum Gasteiger partial charge on any atom is -0.454 e. The van der Waals surface area contributed by atoms with Gasteiger partial charge >= 0.3 is 0 Å². The molecule has 0 bridgehead atoms. The molecule has 2 aliphatic rings. The molecule has 26 heavy (non-hydrogen) atoms. The summed E-state index contributed by atoms with van der Waals surface area (Å²) in [5.74, 6) is 0.855. The van der Waals surface area contributed by atoms with Gasteiger partial charge in [-0.05, 0) is 48.9 Å². The first-order valence-electron chi connectivity index (χ1n) is 8.27. The van der Waals surface area contributed by atoms with Crippen LogP contribution in [0.1, 0.15) is 15.9 Å². The van der Waals surface area contributed by atoms with Gasteiger partial charge in [0.05, 0.1) is 5.92 Å². The molecule has 1 N–H and O–H groups in total. The second-order valence-electron chi connectivity index (χ2n) is 6.43. The van der Waals surface area contributed by atoms with E-state index in [1.165, 1.54) is 0 Å². The Bertz CT molecular complexity index is 893. The summed E-state index contributed by atoms with van der Waals surface area (Å²) in [6, 6.07) is 10.8. The average molecular weight is 417 g/mol. The van der Waals surface area contributed by atoms with Crippen LogP contribution in [0.15, 0.2) is 40.9 Å². The molecule has 134 valence electrons. The van der Waals surface area contributed by atoms with Crippen molar-refractivity contribution >= 4 is 33.4 Å².